The molecule has 2 heterocycles. The van der Waals surface area contributed by atoms with Gasteiger partial charge in [-0.05, 0) is 64.2 Å². The highest BCUT2D eigenvalue weighted by Gasteiger charge is 2.52. The van der Waals surface area contributed by atoms with Crippen LogP contribution in [-0.4, -0.2) is 56.9 Å². The van der Waals surface area contributed by atoms with Crippen LogP contribution in [0.3, 0.4) is 0 Å². The number of ether oxygens (including phenoxy) is 1. The van der Waals surface area contributed by atoms with E-state index < -0.39 is 28.9 Å². The van der Waals surface area contributed by atoms with E-state index in [4.69, 9.17) is 27.3 Å². The van der Waals surface area contributed by atoms with Crippen molar-refractivity contribution in [2.24, 2.45) is 0 Å². The quantitative estimate of drug-likeness (QED) is 0.504. The molecule has 0 unspecified atom stereocenters. The zero-order chi connectivity index (χ0) is 23.7. The summed E-state index contributed by atoms with van der Waals surface area (Å²) in [4.78, 5) is 19.7. The number of hydrogen-bond donors (Lipinski definition) is 1. The molecule has 32 heavy (non-hydrogen) atoms. The number of halogens is 3. The van der Waals surface area contributed by atoms with E-state index in [0.717, 1.165) is 30.0 Å². The van der Waals surface area contributed by atoms with Crippen molar-refractivity contribution in [3.05, 3.63) is 23.5 Å². The lowest BCUT2D eigenvalue weighted by atomic mass is 9.89. The van der Waals surface area contributed by atoms with Gasteiger partial charge in [-0.25, -0.2) is 4.98 Å². The number of thiocarbonyl (C=S) groups is 1. The van der Waals surface area contributed by atoms with Crippen molar-refractivity contribution in [1.29, 1.82) is 5.26 Å². The van der Waals surface area contributed by atoms with Crippen LogP contribution >= 0.6 is 12.2 Å². The normalized spacial score (nSPS) is 23.5. The monoisotopic (exact) mass is 470 g/mol. The van der Waals surface area contributed by atoms with Gasteiger partial charge in [0.05, 0.1) is 23.6 Å². The van der Waals surface area contributed by atoms with E-state index in [-0.39, 0.29) is 29.6 Å². The molecule has 1 aromatic heterocycles. The molecule has 0 bridgehead atoms. The van der Waals surface area contributed by atoms with Crippen molar-refractivity contribution in [3.63, 3.8) is 0 Å². The van der Waals surface area contributed by atoms with Crippen LogP contribution < -0.4 is 4.90 Å². The van der Waals surface area contributed by atoms with E-state index in [1.807, 2.05) is 0 Å². The summed E-state index contributed by atoms with van der Waals surface area (Å²) in [6, 6.07) is 2.13. The molecule has 1 aromatic rings. The van der Waals surface area contributed by atoms with Crippen LogP contribution in [0, 0.1) is 11.3 Å². The van der Waals surface area contributed by atoms with Gasteiger partial charge < -0.3 is 14.7 Å². The van der Waals surface area contributed by atoms with Gasteiger partial charge in [-0.2, -0.15) is 18.4 Å². The second-order valence-corrected chi connectivity index (χ2v) is 8.80. The van der Waals surface area contributed by atoms with E-state index in [9.17, 15) is 18.0 Å². The minimum Gasteiger partial charge on any atom is -0.396 e. The first-order valence-electron chi connectivity index (χ1n) is 10.4. The number of hydrogen-bond acceptors (Lipinski definition) is 6. The van der Waals surface area contributed by atoms with Gasteiger partial charge in [-0.3, -0.25) is 9.69 Å². The van der Waals surface area contributed by atoms with E-state index in [0.29, 0.717) is 25.9 Å². The van der Waals surface area contributed by atoms with Crippen molar-refractivity contribution in [2.45, 2.75) is 69.8 Å². The summed E-state index contributed by atoms with van der Waals surface area (Å²) < 4.78 is 46.0. The van der Waals surface area contributed by atoms with Crippen LogP contribution in [0.4, 0.5) is 18.9 Å². The largest absolute Gasteiger partial charge is 0.419 e. The number of carbonyl (C=O) groups excluding carboxylic acids is 1. The first-order valence-corrected chi connectivity index (χ1v) is 10.8. The van der Waals surface area contributed by atoms with Gasteiger partial charge in [0.1, 0.15) is 11.6 Å². The van der Waals surface area contributed by atoms with Crippen molar-refractivity contribution < 1.29 is 27.8 Å². The highest BCUT2D eigenvalue weighted by molar-refractivity contribution is 7.80. The summed E-state index contributed by atoms with van der Waals surface area (Å²) in [6.45, 7) is 3.96. The van der Waals surface area contributed by atoms with Crippen LogP contribution in [0.5, 0.6) is 0 Å². The zero-order valence-electron chi connectivity index (χ0n) is 17.9. The van der Waals surface area contributed by atoms with E-state index in [2.05, 4.69) is 4.98 Å². The lowest BCUT2D eigenvalue weighted by Crippen LogP contribution is -2.51. The fourth-order valence-electron chi connectivity index (χ4n) is 4.32. The van der Waals surface area contributed by atoms with E-state index in [1.165, 1.54) is 6.07 Å². The SMILES string of the molecule is CC1(C)C(=O)N(c2cnc(C#N)c(C(F)(F)F)c2)C(=S)N1C1CCC(OCCCO)CC1. The minimum atomic E-state index is -4.79. The van der Waals surface area contributed by atoms with Gasteiger partial charge in [-0.15, -0.1) is 0 Å². The number of carbonyl (C=O) groups is 1. The molecule has 0 atom stereocenters. The maximum absolute atomic E-state index is 13.4. The molecule has 11 heteroatoms. The lowest BCUT2D eigenvalue weighted by Gasteiger charge is -2.40. The van der Waals surface area contributed by atoms with Crippen LogP contribution in [0.15, 0.2) is 12.3 Å². The Morgan fingerprint density at radius 3 is 2.56 bits per heavy atom. The third kappa shape index (κ3) is 4.58. The van der Waals surface area contributed by atoms with E-state index >= 15 is 0 Å². The molecule has 0 radical (unpaired) electrons. The van der Waals surface area contributed by atoms with Gasteiger partial charge in [0.2, 0.25) is 0 Å². The van der Waals surface area contributed by atoms with Crippen LogP contribution in [0.2, 0.25) is 0 Å². The lowest BCUT2D eigenvalue weighted by molar-refractivity contribution is -0.138. The fraction of sp³-hybridized carbons (Fsp3) is 0.619. The molecule has 174 valence electrons. The molecule has 1 aliphatic heterocycles. The van der Waals surface area contributed by atoms with Crippen molar-refractivity contribution in [3.8, 4) is 6.07 Å². The fourth-order valence-corrected chi connectivity index (χ4v) is 4.88. The Bertz CT molecular complexity index is 924. The molecule has 2 aliphatic rings. The average molecular weight is 471 g/mol. The van der Waals surface area contributed by atoms with Gasteiger partial charge in [0.25, 0.3) is 5.91 Å². The number of aromatic nitrogens is 1. The number of nitrogens with zero attached hydrogens (tertiary/aromatic N) is 4. The van der Waals surface area contributed by atoms with Crippen LogP contribution in [0.1, 0.15) is 57.2 Å². The number of alkyl halides is 3. The number of aliphatic hydroxyl groups excluding tert-OH is 1. The Morgan fingerprint density at radius 2 is 2.00 bits per heavy atom. The molecule has 1 saturated carbocycles. The second-order valence-electron chi connectivity index (χ2n) is 8.43. The Labute approximate surface area is 189 Å². The Morgan fingerprint density at radius 1 is 1.34 bits per heavy atom. The summed E-state index contributed by atoms with van der Waals surface area (Å²) >= 11 is 5.56. The molecular formula is C21H25F3N4O3S. The molecule has 1 N–H and O–H groups in total. The van der Waals surface area contributed by atoms with Crippen molar-refractivity contribution in [1.82, 2.24) is 9.88 Å². The summed E-state index contributed by atoms with van der Waals surface area (Å²) in [5, 5.41) is 18.0. The van der Waals surface area contributed by atoms with Gasteiger partial charge in [0, 0.05) is 19.3 Å². The van der Waals surface area contributed by atoms with Crippen molar-refractivity contribution >= 4 is 28.9 Å². The molecule has 0 spiro atoms. The third-order valence-electron chi connectivity index (χ3n) is 5.93. The van der Waals surface area contributed by atoms with Crippen molar-refractivity contribution in [2.75, 3.05) is 18.1 Å². The van der Waals surface area contributed by atoms with Crippen LogP contribution in [0.25, 0.3) is 0 Å². The van der Waals surface area contributed by atoms with Gasteiger partial charge in [0.15, 0.2) is 10.8 Å². The smallest absolute Gasteiger partial charge is 0.396 e. The molecule has 3 rings (SSSR count). The molecule has 1 saturated heterocycles. The Hall–Kier alpha value is -2.29. The molecular weight excluding hydrogens is 445 g/mol. The average Bonchev–Trinajstić information content (AvgIpc) is 2.92. The predicted octanol–water partition coefficient (Wildman–Crippen LogP) is 3.39. The highest BCUT2D eigenvalue weighted by Crippen LogP contribution is 2.40. The number of nitriles is 1. The molecule has 1 aliphatic carbocycles. The van der Waals surface area contributed by atoms with E-state index in [1.54, 1.807) is 18.7 Å². The molecule has 7 nitrogen and oxygen atoms in total. The number of aliphatic hydroxyl groups is 1. The summed E-state index contributed by atoms with van der Waals surface area (Å²) in [6.07, 6.45) is -0.119. The first kappa shape index (κ1) is 24.4. The highest BCUT2D eigenvalue weighted by atomic mass is 32.1. The second kappa shape index (κ2) is 9.29. The molecule has 2 fully saturated rings. The van der Waals surface area contributed by atoms with Gasteiger partial charge >= 0.3 is 6.18 Å². The zero-order valence-corrected chi connectivity index (χ0v) is 18.7. The maximum Gasteiger partial charge on any atom is 0.419 e. The number of anilines is 1. The summed E-state index contributed by atoms with van der Waals surface area (Å²) in [7, 11) is 0. The minimum absolute atomic E-state index is 0.0578. The summed E-state index contributed by atoms with van der Waals surface area (Å²) in [5.74, 6) is -0.441. The molecule has 1 amide bonds. The third-order valence-corrected chi connectivity index (χ3v) is 6.31. The number of rotatable bonds is 6. The topological polar surface area (TPSA) is 89.7 Å². The standard InChI is InChI=1S/C21H25F3N4O3S/c1-20(2)18(30)27(14-10-16(21(22,23)24)17(11-25)26-12-14)19(32)28(20)13-4-6-15(7-5-13)31-9-3-8-29/h10,12-13,15,29H,3-9H2,1-2H3. The first-order chi connectivity index (χ1) is 15.0. The predicted molar refractivity (Wildman–Crippen MR) is 114 cm³/mol. The number of amides is 1. The maximum atomic E-state index is 13.4. The molecule has 0 aromatic carbocycles. The van der Waals surface area contributed by atoms with Crippen LogP contribution in [-0.2, 0) is 15.7 Å². The Balaban J connectivity index is 1.83. The Kier molecular flexibility index (Phi) is 7.07. The number of pyridine rings is 1. The summed E-state index contributed by atoms with van der Waals surface area (Å²) in [5.41, 5.74) is -3.11. The van der Waals surface area contributed by atoms with Gasteiger partial charge in [-0.1, -0.05) is 0 Å².